The summed E-state index contributed by atoms with van der Waals surface area (Å²) in [6.07, 6.45) is 1.66. The van der Waals surface area contributed by atoms with E-state index in [2.05, 4.69) is 19.7 Å². The minimum Gasteiger partial charge on any atom is -0.315 e. The van der Waals surface area contributed by atoms with Crippen LogP contribution in [0.15, 0.2) is 29.2 Å². The van der Waals surface area contributed by atoms with Crippen LogP contribution in [0.1, 0.15) is 0 Å². The van der Waals surface area contributed by atoms with E-state index in [0.29, 0.717) is 10.9 Å². The quantitative estimate of drug-likeness (QED) is 0.747. The molecule has 0 unspecified atom stereocenters. The number of anilines is 2. The zero-order valence-corrected chi connectivity index (χ0v) is 7.34. The SMILES string of the molecule is O=c1nc(Nc2ccccn2)s[nH]1. The lowest BCUT2D eigenvalue weighted by Crippen LogP contribution is -2.01. The van der Waals surface area contributed by atoms with Crippen molar-refractivity contribution >= 4 is 22.5 Å². The number of rotatable bonds is 2. The molecule has 5 nitrogen and oxygen atoms in total. The van der Waals surface area contributed by atoms with Crippen LogP contribution in [-0.4, -0.2) is 14.3 Å². The number of nitrogens with zero attached hydrogens (tertiary/aromatic N) is 2. The molecule has 0 saturated heterocycles. The van der Waals surface area contributed by atoms with E-state index in [0.717, 1.165) is 11.5 Å². The fraction of sp³-hybridized carbons (Fsp3) is 0. The van der Waals surface area contributed by atoms with Gasteiger partial charge in [0.2, 0.25) is 5.13 Å². The Bertz CT molecular complexity index is 435. The maximum Gasteiger partial charge on any atom is 0.357 e. The van der Waals surface area contributed by atoms with Gasteiger partial charge in [0, 0.05) is 6.20 Å². The minimum atomic E-state index is -0.344. The molecule has 2 heterocycles. The Kier molecular flexibility index (Phi) is 2.05. The molecular formula is C7H6N4OS. The Labute approximate surface area is 77.6 Å². The van der Waals surface area contributed by atoms with Crippen molar-refractivity contribution in [2.45, 2.75) is 0 Å². The second-order valence-electron chi connectivity index (χ2n) is 2.27. The second-order valence-corrected chi connectivity index (χ2v) is 3.06. The van der Waals surface area contributed by atoms with Crippen LogP contribution in [0.5, 0.6) is 0 Å². The van der Waals surface area contributed by atoms with Gasteiger partial charge in [0.05, 0.1) is 0 Å². The van der Waals surface area contributed by atoms with Crippen LogP contribution < -0.4 is 11.0 Å². The van der Waals surface area contributed by atoms with Gasteiger partial charge < -0.3 is 5.32 Å². The molecule has 6 heteroatoms. The monoisotopic (exact) mass is 194 g/mol. The van der Waals surface area contributed by atoms with Gasteiger partial charge in [-0.3, -0.25) is 4.37 Å². The zero-order valence-electron chi connectivity index (χ0n) is 6.52. The summed E-state index contributed by atoms with van der Waals surface area (Å²) in [5, 5.41) is 3.41. The molecule has 2 N–H and O–H groups in total. The van der Waals surface area contributed by atoms with Gasteiger partial charge in [-0.15, -0.1) is 0 Å². The normalized spacial score (nSPS) is 9.85. The third kappa shape index (κ3) is 1.91. The maximum atomic E-state index is 10.7. The van der Waals surface area contributed by atoms with Crippen LogP contribution in [0.4, 0.5) is 10.9 Å². The van der Waals surface area contributed by atoms with E-state index in [9.17, 15) is 4.79 Å². The number of pyridine rings is 1. The molecule has 2 rings (SSSR count). The Balaban J connectivity index is 2.20. The molecule has 0 bridgehead atoms. The molecule has 0 saturated carbocycles. The highest BCUT2D eigenvalue weighted by atomic mass is 32.1. The van der Waals surface area contributed by atoms with E-state index < -0.39 is 0 Å². The smallest absolute Gasteiger partial charge is 0.315 e. The summed E-state index contributed by atoms with van der Waals surface area (Å²) in [5.74, 6) is 0.672. The third-order valence-electron chi connectivity index (χ3n) is 1.34. The van der Waals surface area contributed by atoms with Crippen molar-refractivity contribution in [3.05, 3.63) is 34.9 Å². The molecule has 0 spiro atoms. The molecule has 0 aliphatic heterocycles. The summed E-state index contributed by atoms with van der Waals surface area (Å²) in [4.78, 5) is 18.3. The predicted octanol–water partition coefficient (Wildman–Crippen LogP) is 0.970. The molecule has 0 fully saturated rings. The standard InChI is InChI=1S/C7H6N4OS/c12-6-10-7(13-11-6)9-5-3-1-2-4-8-5/h1-4H,(H2,8,9,10,11,12). The van der Waals surface area contributed by atoms with Crippen molar-refractivity contribution in [2.75, 3.05) is 5.32 Å². The van der Waals surface area contributed by atoms with E-state index in [1.165, 1.54) is 0 Å². The molecule has 0 amide bonds. The topological polar surface area (TPSA) is 70.7 Å². The number of aromatic nitrogens is 3. The van der Waals surface area contributed by atoms with Gasteiger partial charge in [0.25, 0.3) is 0 Å². The van der Waals surface area contributed by atoms with Gasteiger partial charge in [0.15, 0.2) is 0 Å². The third-order valence-corrected chi connectivity index (χ3v) is 2.00. The zero-order chi connectivity index (χ0) is 9.10. The second kappa shape index (κ2) is 3.36. The Morgan fingerprint density at radius 3 is 3.00 bits per heavy atom. The maximum absolute atomic E-state index is 10.7. The fourth-order valence-electron chi connectivity index (χ4n) is 0.830. The Morgan fingerprint density at radius 2 is 2.38 bits per heavy atom. The van der Waals surface area contributed by atoms with Crippen LogP contribution in [0.2, 0.25) is 0 Å². The average Bonchev–Trinajstić information content (AvgIpc) is 2.53. The number of nitrogens with one attached hydrogen (secondary N) is 2. The molecule has 13 heavy (non-hydrogen) atoms. The first-order valence-corrected chi connectivity index (χ1v) is 4.40. The van der Waals surface area contributed by atoms with E-state index in [1.807, 2.05) is 12.1 Å². The largest absolute Gasteiger partial charge is 0.357 e. The lowest BCUT2D eigenvalue weighted by molar-refractivity contribution is 1.20. The minimum absolute atomic E-state index is 0.344. The summed E-state index contributed by atoms with van der Waals surface area (Å²) in [7, 11) is 0. The predicted molar refractivity (Wildman–Crippen MR) is 50.3 cm³/mol. The van der Waals surface area contributed by atoms with E-state index in [1.54, 1.807) is 12.3 Å². The lowest BCUT2D eigenvalue weighted by Gasteiger charge is -1.97. The Hall–Kier alpha value is -1.69. The van der Waals surface area contributed by atoms with Gasteiger partial charge in [0.1, 0.15) is 5.82 Å². The van der Waals surface area contributed by atoms with Crippen molar-refractivity contribution in [2.24, 2.45) is 0 Å². The first kappa shape index (κ1) is 7.93. The van der Waals surface area contributed by atoms with Gasteiger partial charge in [-0.2, -0.15) is 4.98 Å². The molecule has 66 valence electrons. The number of H-pyrrole nitrogens is 1. The first-order valence-electron chi connectivity index (χ1n) is 3.58. The molecular weight excluding hydrogens is 188 g/mol. The Morgan fingerprint density at radius 1 is 1.46 bits per heavy atom. The van der Waals surface area contributed by atoms with Crippen molar-refractivity contribution in [3.63, 3.8) is 0 Å². The molecule has 0 aliphatic carbocycles. The summed E-state index contributed by atoms with van der Waals surface area (Å²) in [6.45, 7) is 0. The van der Waals surface area contributed by atoms with Crippen LogP contribution >= 0.6 is 11.5 Å². The number of aromatic amines is 1. The van der Waals surface area contributed by atoms with E-state index in [-0.39, 0.29) is 5.69 Å². The molecule has 0 atom stereocenters. The molecule has 0 aromatic carbocycles. The van der Waals surface area contributed by atoms with Gasteiger partial charge in [-0.1, -0.05) is 6.07 Å². The highest BCUT2D eigenvalue weighted by Gasteiger charge is 1.98. The van der Waals surface area contributed by atoms with Gasteiger partial charge in [-0.05, 0) is 23.7 Å². The molecule has 0 aliphatic rings. The van der Waals surface area contributed by atoms with Crippen molar-refractivity contribution in [1.82, 2.24) is 14.3 Å². The van der Waals surface area contributed by atoms with Gasteiger partial charge in [-0.25, -0.2) is 9.78 Å². The van der Waals surface area contributed by atoms with E-state index >= 15 is 0 Å². The fourth-order valence-corrected chi connectivity index (χ4v) is 1.34. The number of hydrogen-bond acceptors (Lipinski definition) is 5. The van der Waals surface area contributed by atoms with Crippen LogP contribution in [0.3, 0.4) is 0 Å². The van der Waals surface area contributed by atoms with Crippen molar-refractivity contribution in [3.8, 4) is 0 Å². The average molecular weight is 194 g/mol. The molecule has 0 radical (unpaired) electrons. The van der Waals surface area contributed by atoms with E-state index in [4.69, 9.17) is 0 Å². The van der Waals surface area contributed by atoms with Crippen LogP contribution in [-0.2, 0) is 0 Å². The molecule has 2 aromatic rings. The van der Waals surface area contributed by atoms with Gasteiger partial charge >= 0.3 is 5.69 Å². The van der Waals surface area contributed by atoms with Crippen LogP contribution in [0.25, 0.3) is 0 Å². The summed E-state index contributed by atoms with van der Waals surface area (Å²) >= 11 is 1.14. The summed E-state index contributed by atoms with van der Waals surface area (Å²) < 4.78 is 2.47. The lowest BCUT2D eigenvalue weighted by atomic mass is 10.5. The number of hydrogen-bond donors (Lipinski definition) is 2. The van der Waals surface area contributed by atoms with Crippen LogP contribution in [0, 0.1) is 0 Å². The summed E-state index contributed by atoms with van der Waals surface area (Å²) in [6, 6.07) is 5.47. The first-order chi connectivity index (χ1) is 6.34. The molecule has 2 aromatic heterocycles. The highest BCUT2D eigenvalue weighted by Crippen LogP contribution is 2.11. The van der Waals surface area contributed by atoms with Crippen molar-refractivity contribution in [1.29, 1.82) is 0 Å². The summed E-state index contributed by atoms with van der Waals surface area (Å²) in [5.41, 5.74) is -0.344. The highest BCUT2D eigenvalue weighted by molar-refractivity contribution is 7.09. The van der Waals surface area contributed by atoms with Crippen molar-refractivity contribution < 1.29 is 0 Å².